The van der Waals surface area contributed by atoms with Gasteiger partial charge >= 0.3 is 0 Å². The lowest BCUT2D eigenvalue weighted by atomic mass is 10.3. The maximum atomic E-state index is 8.00. The number of carbonyl (C=O) groups is 2. The summed E-state index contributed by atoms with van der Waals surface area (Å²) in [4.78, 5) is 18.5. The Bertz CT molecular complexity index is 114. The Morgan fingerprint density at radius 3 is 2.07 bits per heavy atom. The number of unbranched alkanes of at least 4 members (excludes halogenated alkanes) is 1. The SMILES string of the molecule is C=O.C=O.CCCCN(C)CC1CC1. The summed E-state index contributed by atoms with van der Waals surface area (Å²) < 4.78 is 0. The van der Waals surface area contributed by atoms with E-state index in [4.69, 9.17) is 9.59 Å². The molecule has 0 aromatic rings. The van der Waals surface area contributed by atoms with Gasteiger partial charge in [-0.3, -0.25) is 0 Å². The zero-order valence-corrected chi connectivity index (χ0v) is 9.50. The summed E-state index contributed by atoms with van der Waals surface area (Å²) >= 11 is 0. The fourth-order valence-corrected chi connectivity index (χ4v) is 1.26. The van der Waals surface area contributed by atoms with Gasteiger partial charge in [-0.15, -0.1) is 0 Å². The Balaban J connectivity index is 0. The summed E-state index contributed by atoms with van der Waals surface area (Å²) in [5.41, 5.74) is 0. The second kappa shape index (κ2) is 12.3. The Morgan fingerprint density at radius 1 is 1.21 bits per heavy atom. The van der Waals surface area contributed by atoms with Crippen molar-refractivity contribution in [2.45, 2.75) is 32.6 Å². The van der Waals surface area contributed by atoms with Crippen molar-refractivity contribution >= 4 is 13.6 Å². The van der Waals surface area contributed by atoms with Crippen LogP contribution in [0.25, 0.3) is 0 Å². The molecule has 84 valence electrons. The molecule has 1 aliphatic rings. The predicted molar refractivity (Wildman–Crippen MR) is 59.4 cm³/mol. The van der Waals surface area contributed by atoms with E-state index in [1.54, 1.807) is 0 Å². The minimum atomic E-state index is 1.06. The molecule has 0 amide bonds. The van der Waals surface area contributed by atoms with Gasteiger partial charge in [0.25, 0.3) is 0 Å². The van der Waals surface area contributed by atoms with Gasteiger partial charge in [0.2, 0.25) is 0 Å². The molecule has 3 nitrogen and oxygen atoms in total. The Labute approximate surface area is 87.5 Å². The molecule has 14 heavy (non-hydrogen) atoms. The number of hydrogen-bond donors (Lipinski definition) is 0. The third-order valence-corrected chi connectivity index (χ3v) is 2.16. The second-order valence-electron chi connectivity index (χ2n) is 3.56. The van der Waals surface area contributed by atoms with E-state index in [0.29, 0.717) is 0 Å². The Morgan fingerprint density at radius 2 is 1.71 bits per heavy atom. The highest BCUT2D eigenvalue weighted by molar-refractivity contribution is 5.11. The van der Waals surface area contributed by atoms with Crippen LogP contribution in [0.4, 0.5) is 0 Å². The molecule has 0 unspecified atom stereocenters. The van der Waals surface area contributed by atoms with E-state index < -0.39 is 0 Å². The van der Waals surface area contributed by atoms with E-state index >= 15 is 0 Å². The van der Waals surface area contributed by atoms with Gasteiger partial charge in [0.05, 0.1) is 0 Å². The molecule has 0 N–H and O–H groups in total. The third-order valence-electron chi connectivity index (χ3n) is 2.16. The van der Waals surface area contributed by atoms with Gasteiger partial charge in [-0.25, -0.2) is 0 Å². The minimum Gasteiger partial charge on any atom is -0.307 e. The van der Waals surface area contributed by atoms with Crippen LogP contribution in [0.5, 0.6) is 0 Å². The van der Waals surface area contributed by atoms with Gasteiger partial charge in [-0.2, -0.15) is 0 Å². The fourth-order valence-electron chi connectivity index (χ4n) is 1.26. The van der Waals surface area contributed by atoms with Crippen LogP contribution < -0.4 is 0 Å². The maximum absolute atomic E-state index is 8.00. The van der Waals surface area contributed by atoms with Gasteiger partial charge in [0.15, 0.2) is 0 Å². The van der Waals surface area contributed by atoms with Crippen molar-refractivity contribution in [3.8, 4) is 0 Å². The highest BCUT2D eigenvalue weighted by Crippen LogP contribution is 2.29. The third kappa shape index (κ3) is 11.3. The monoisotopic (exact) mass is 201 g/mol. The van der Waals surface area contributed by atoms with E-state index in [2.05, 4.69) is 18.9 Å². The van der Waals surface area contributed by atoms with Gasteiger partial charge in [-0.1, -0.05) is 13.3 Å². The number of carbonyl (C=O) groups excluding carboxylic acids is 2. The Kier molecular flexibility index (Phi) is 13.8. The van der Waals surface area contributed by atoms with E-state index in [0.717, 1.165) is 5.92 Å². The molecule has 0 heterocycles. The van der Waals surface area contributed by atoms with Gasteiger partial charge < -0.3 is 14.5 Å². The summed E-state index contributed by atoms with van der Waals surface area (Å²) in [5, 5.41) is 0. The first-order valence-electron chi connectivity index (χ1n) is 5.09. The van der Waals surface area contributed by atoms with Gasteiger partial charge in [0, 0.05) is 6.54 Å². The summed E-state index contributed by atoms with van der Waals surface area (Å²) in [6, 6.07) is 0. The first-order valence-corrected chi connectivity index (χ1v) is 5.09. The molecule has 1 fully saturated rings. The fraction of sp³-hybridized carbons (Fsp3) is 0.818. The predicted octanol–water partition coefficient (Wildman–Crippen LogP) is 1.76. The summed E-state index contributed by atoms with van der Waals surface area (Å²) in [7, 11) is 2.24. The van der Waals surface area contributed by atoms with E-state index in [1.165, 1.54) is 38.8 Å². The highest BCUT2D eigenvalue weighted by atomic mass is 16.1. The first-order chi connectivity index (χ1) is 6.83. The van der Waals surface area contributed by atoms with Crippen molar-refractivity contribution in [3.63, 3.8) is 0 Å². The standard InChI is InChI=1S/C9H19N.2CH2O/c1-3-4-7-10(2)8-9-5-6-9;2*1-2/h9H,3-8H2,1-2H3;2*1H2. The van der Waals surface area contributed by atoms with Gasteiger partial charge in [0.1, 0.15) is 13.6 Å². The number of hydrogen-bond acceptors (Lipinski definition) is 3. The molecular weight excluding hydrogens is 178 g/mol. The highest BCUT2D eigenvalue weighted by Gasteiger charge is 2.22. The van der Waals surface area contributed by atoms with Crippen LogP contribution in [0, 0.1) is 5.92 Å². The van der Waals surface area contributed by atoms with Crippen LogP contribution in [-0.4, -0.2) is 38.6 Å². The molecule has 1 saturated carbocycles. The Hall–Kier alpha value is -0.700. The lowest BCUT2D eigenvalue weighted by Gasteiger charge is -2.14. The first kappa shape index (κ1) is 15.8. The van der Waals surface area contributed by atoms with Crippen molar-refractivity contribution < 1.29 is 9.59 Å². The minimum absolute atomic E-state index is 1.06. The molecular formula is C11H23NO2. The normalized spacial score (nSPS) is 13.6. The van der Waals surface area contributed by atoms with E-state index in [-0.39, 0.29) is 0 Å². The molecule has 1 aliphatic carbocycles. The van der Waals surface area contributed by atoms with Crippen LogP contribution in [0.15, 0.2) is 0 Å². The summed E-state index contributed by atoms with van der Waals surface area (Å²) in [6.45, 7) is 8.90. The van der Waals surface area contributed by atoms with Crippen LogP contribution in [0.1, 0.15) is 32.6 Å². The van der Waals surface area contributed by atoms with Crippen LogP contribution in [-0.2, 0) is 9.59 Å². The van der Waals surface area contributed by atoms with E-state index in [1.807, 2.05) is 13.6 Å². The zero-order chi connectivity index (χ0) is 11.4. The topological polar surface area (TPSA) is 37.4 Å². The maximum Gasteiger partial charge on any atom is 0.106 e. The molecule has 0 aromatic heterocycles. The molecule has 1 rings (SSSR count). The quantitative estimate of drug-likeness (QED) is 0.680. The van der Waals surface area contributed by atoms with Crippen molar-refractivity contribution in [2.75, 3.05) is 20.1 Å². The summed E-state index contributed by atoms with van der Waals surface area (Å²) in [6.07, 6.45) is 5.66. The largest absolute Gasteiger partial charge is 0.307 e. The van der Waals surface area contributed by atoms with Crippen LogP contribution in [0.3, 0.4) is 0 Å². The molecule has 0 aliphatic heterocycles. The van der Waals surface area contributed by atoms with Crippen LogP contribution in [0.2, 0.25) is 0 Å². The van der Waals surface area contributed by atoms with Crippen LogP contribution >= 0.6 is 0 Å². The zero-order valence-electron chi connectivity index (χ0n) is 9.50. The molecule has 0 bridgehead atoms. The average Bonchev–Trinajstić information content (AvgIpc) is 3.05. The average molecular weight is 201 g/mol. The van der Waals surface area contributed by atoms with Crippen molar-refractivity contribution in [1.82, 2.24) is 4.90 Å². The van der Waals surface area contributed by atoms with Crippen molar-refractivity contribution in [2.24, 2.45) is 5.92 Å². The molecule has 0 aromatic carbocycles. The molecule has 0 atom stereocenters. The summed E-state index contributed by atoms with van der Waals surface area (Å²) in [5.74, 6) is 1.06. The lowest BCUT2D eigenvalue weighted by Crippen LogP contribution is -2.21. The van der Waals surface area contributed by atoms with Crippen molar-refractivity contribution in [3.05, 3.63) is 0 Å². The lowest BCUT2D eigenvalue weighted by molar-refractivity contribution is -0.0987. The van der Waals surface area contributed by atoms with E-state index in [9.17, 15) is 0 Å². The smallest absolute Gasteiger partial charge is 0.106 e. The van der Waals surface area contributed by atoms with Gasteiger partial charge in [-0.05, 0) is 38.8 Å². The molecule has 0 saturated heterocycles. The molecule has 3 heteroatoms. The molecule has 0 radical (unpaired) electrons. The van der Waals surface area contributed by atoms with Crippen molar-refractivity contribution in [1.29, 1.82) is 0 Å². The number of rotatable bonds is 5. The second-order valence-corrected chi connectivity index (χ2v) is 3.56. The molecule has 0 spiro atoms. The number of nitrogens with zero attached hydrogens (tertiary/aromatic N) is 1.